The van der Waals surface area contributed by atoms with Crippen LogP contribution in [0.4, 0.5) is 0 Å². The Balaban J connectivity index is 0.000000385. The van der Waals surface area contributed by atoms with E-state index in [-0.39, 0.29) is 76.8 Å². The number of hydrogen-bond acceptors (Lipinski definition) is 6. The molecule has 0 N–H and O–H groups in total. The summed E-state index contributed by atoms with van der Waals surface area (Å²) in [5.41, 5.74) is -0.919. The fraction of sp³-hybridized carbons (Fsp3) is 0.917. The predicted molar refractivity (Wildman–Crippen MR) is 171 cm³/mol. The van der Waals surface area contributed by atoms with Crippen molar-refractivity contribution in [3.63, 3.8) is 0 Å². The van der Waals surface area contributed by atoms with E-state index in [1.807, 2.05) is 34.6 Å². The summed E-state index contributed by atoms with van der Waals surface area (Å²) in [5.74, 6) is 3.62. The first kappa shape index (κ1) is 38.4. The molecular formula is C36H66O6. The first-order chi connectivity index (χ1) is 17.8. The van der Waals surface area contributed by atoms with Crippen molar-refractivity contribution >= 4 is 17.9 Å². The zero-order chi connectivity index (χ0) is 27.6. The van der Waals surface area contributed by atoms with Gasteiger partial charge in [-0.1, -0.05) is 50.5 Å². The van der Waals surface area contributed by atoms with Crippen LogP contribution in [0.5, 0.6) is 0 Å². The highest BCUT2D eigenvalue weighted by Crippen LogP contribution is 2.61. The third-order valence-electron chi connectivity index (χ3n) is 11.9. The molecule has 5 atom stereocenters. The molecule has 0 spiro atoms. The summed E-state index contributed by atoms with van der Waals surface area (Å²) in [5, 5.41) is 0. The van der Waals surface area contributed by atoms with Gasteiger partial charge in [0, 0.05) is 11.8 Å². The summed E-state index contributed by atoms with van der Waals surface area (Å²) < 4.78 is 17.3. The standard InChI is InChI=1S/C18H30O2.C14H20O4.4CH4/c1-5-17(3,4)16(19)20-18(6-2)14-8-12-7-13(10-14)11-15(18)9-12;1-4-14(2,3)13(16)18-10-7-5-8-9(6-7)12(15)17-11(8)10;;;;/h12-15H,5-11H2,1-4H3;7-11H,4-6H2,1-3H3;4*1H4. The molecule has 0 aromatic heterocycles. The zero-order valence-corrected chi connectivity index (χ0v) is 24.7. The summed E-state index contributed by atoms with van der Waals surface area (Å²) in [6.07, 6.45) is 10.7. The fourth-order valence-corrected chi connectivity index (χ4v) is 8.75. The Hall–Kier alpha value is -1.59. The van der Waals surface area contributed by atoms with E-state index in [0.717, 1.165) is 43.9 Å². The highest BCUT2D eigenvalue weighted by atomic mass is 16.6. The maximum absolute atomic E-state index is 12.6. The Morgan fingerprint density at radius 1 is 0.786 bits per heavy atom. The zero-order valence-electron chi connectivity index (χ0n) is 24.7. The molecule has 0 radical (unpaired) electrons. The van der Waals surface area contributed by atoms with Gasteiger partial charge in [-0.25, -0.2) is 0 Å². The summed E-state index contributed by atoms with van der Waals surface area (Å²) in [7, 11) is 0. The van der Waals surface area contributed by atoms with E-state index in [0.29, 0.717) is 23.7 Å². The van der Waals surface area contributed by atoms with E-state index >= 15 is 0 Å². The van der Waals surface area contributed by atoms with Crippen molar-refractivity contribution in [3.05, 3.63) is 0 Å². The molecule has 6 nitrogen and oxygen atoms in total. The molecule has 7 rings (SSSR count). The normalized spacial score (nSPS) is 38.0. The third kappa shape index (κ3) is 6.29. The van der Waals surface area contributed by atoms with Crippen LogP contribution >= 0.6 is 0 Å². The van der Waals surface area contributed by atoms with Gasteiger partial charge < -0.3 is 14.2 Å². The van der Waals surface area contributed by atoms with E-state index in [2.05, 4.69) is 13.8 Å². The van der Waals surface area contributed by atoms with Gasteiger partial charge in [0.1, 0.15) is 17.8 Å². The van der Waals surface area contributed by atoms with Crippen LogP contribution in [0.25, 0.3) is 0 Å². The van der Waals surface area contributed by atoms with E-state index in [1.165, 1.54) is 32.1 Å². The van der Waals surface area contributed by atoms with Crippen LogP contribution < -0.4 is 0 Å². The molecule has 0 aromatic rings. The van der Waals surface area contributed by atoms with Crippen molar-refractivity contribution in [2.45, 2.75) is 160 Å². The number of carbonyl (C=O) groups is 3. The second-order valence-electron chi connectivity index (χ2n) is 14.8. The second-order valence-corrected chi connectivity index (χ2v) is 14.8. The fourth-order valence-electron chi connectivity index (χ4n) is 8.75. The highest BCUT2D eigenvalue weighted by molar-refractivity contribution is 5.78. The van der Waals surface area contributed by atoms with Crippen molar-refractivity contribution in [2.24, 2.45) is 52.3 Å². The molecule has 7 aliphatic rings. The van der Waals surface area contributed by atoms with Crippen molar-refractivity contribution in [3.8, 4) is 0 Å². The monoisotopic (exact) mass is 594 g/mol. The SMILES string of the molecule is C.C.C.C.CCC(C)(C)C(=O)OC1(CC)C2CC3CC(C2)CC1C3.CCC(C)(C)C(=O)OC1C2CC3C(=O)OC1C3C2. The van der Waals surface area contributed by atoms with Gasteiger partial charge in [-0.05, 0) is 116 Å². The topological polar surface area (TPSA) is 78.9 Å². The Kier molecular flexibility index (Phi) is 12.4. The minimum Gasteiger partial charge on any atom is -0.458 e. The molecule has 6 bridgehead atoms. The molecular weight excluding hydrogens is 528 g/mol. The van der Waals surface area contributed by atoms with Crippen LogP contribution in [0.2, 0.25) is 0 Å². The van der Waals surface area contributed by atoms with Crippen LogP contribution in [0.15, 0.2) is 0 Å². The highest BCUT2D eigenvalue weighted by Gasteiger charge is 2.63. The van der Waals surface area contributed by atoms with E-state index in [9.17, 15) is 14.4 Å². The lowest BCUT2D eigenvalue weighted by atomic mass is 9.49. The van der Waals surface area contributed by atoms with Gasteiger partial charge >= 0.3 is 17.9 Å². The quantitative estimate of drug-likeness (QED) is 0.216. The molecule has 0 amide bonds. The van der Waals surface area contributed by atoms with Crippen LogP contribution in [-0.2, 0) is 28.6 Å². The summed E-state index contributed by atoms with van der Waals surface area (Å²) in [6, 6.07) is 0. The first-order valence-electron chi connectivity index (χ1n) is 15.5. The van der Waals surface area contributed by atoms with Crippen molar-refractivity contribution in [1.82, 2.24) is 0 Å². The number of rotatable bonds is 7. The van der Waals surface area contributed by atoms with Crippen molar-refractivity contribution in [1.29, 1.82) is 0 Å². The molecule has 6 heteroatoms. The maximum Gasteiger partial charge on any atom is 0.312 e. The van der Waals surface area contributed by atoms with Crippen LogP contribution in [0.3, 0.4) is 0 Å². The van der Waals surface area contributed by atoms with E-state index < -0.39 is 5.41 Å². The van der Waals surface area contributed by atoms with Gasteiger partial charge in [0.25, 0.3) is 0 Å². The summed E-state index contributed by atoms with van der Waals surface area (Å²) in [4.78, 5) is 36.4. The van der Waals surface area contributed by atoms with Crippen LogP contribution in [0.1, 0.15) is 142 Å². The van der Waals surface area contributed by atoms with Crippen molar-refractivity contribution < 1.29 is 28.6 Å². The Bertz CT molecular complexity index is 923. The molecule has 42 heavy (non-hydrogen) atoms. The van der Waals surface area contributed by atoms with Gasteiger partial charge in [-0.2, -0.15) is 0 Å². The second kappa shape index (κ2) is 13.6. The van der Waals surface area contributed by atoms with Gasteiger partial charge in [-0.3, -0.25) is 14.4 Å². The predicted octanol–water partition coefficient (Wildman–Crippen LogP) is 9.03. The van der Waals surface area contributed by atoms with Crippen LogP contribution in [-0.4, -0.2) is 35.7 Å². The van der Waals surface area contributed by atoms with Gasteiger partial charge in [0.15, 0.2) is 0 Å². The largest absolute Gasteiger partial charge is 0.458 e. The van der Waals surface area contributed by atoms with Crippen LogP contribution in [0, 0.1) is 52.3 Å². The van der Waals surface area contributed by atoms with E-state index in [1.54, 1.807) is 0 Å². The lowest BCUT2D eigenvalue weighted by Gasteiger charge is -2.60. The average molecular weight is 595 g/mol. The average Bonchev–Trinajstić information content (AvgIpc) is 3.51. The molecule has 1 saturated heterocycles. The number of hydrogen-bond donors (Lipinski definition) is 0. The number of carbonyl (C=O) groups excluding carboxylic acids is 3. The molecule has 5 unspecified atom stereocenters. The summed E-state index contributed by atoms with van der Waals surface area (Å²) >= 11 is 0. The van der Waals surface area contributed by atoms with Gasteiger partial charge in [0.05, 0.1) is 16.7 Å². The molecule has 246 valence electrons. The summed E-state index contributed by atoms with van der Waals surface area (Å²) in [6.45, 7) is 14.1. The Morgan fingerprint density at radius 3 is 1.76 bits per heavy atom. The lowest BCUT2D eigenvalue weighted by molar-refractivity contribution is -0.218. The molecule has 0 aromatic carbocycles. The lowest BCUT2D eigenvalue weighted by Crippen LogP contribution is -2.60. The van der Waals surface area contributed by atoms with Gasteiger partial charge in [-0.15, -0.1) is 0 Å². The minimum atomic E-state index is -0.455. The smallest absolute Gasteiger partial charge is 0.312 e. The Labute approximate surface area is 258 Å². The number of fused-ring (bicyclic) bond motifs is 1. The first-order valence-corrected chi connectivity index (χ1v) is 15.5. The Morgan fingerprint density at radius 2 is 1.29 bits per heavy atom. The molecule has 1 aliphatic heterocycles. The van der Waals surface area contributed by atoms with Crippen molar-refractivity contribution in [2.75, 3.05) is 0 Å². The third-order valence-corrected chi connectivity index (χ3v) is 11.9. The maximum atomic E-state index is 12.6. The molecule has 6 saturated carbocycles. The van der Waals surface area contributed by atoms with E-state index in [4.69, 9.17) is 14.2 Å². The minimum absolute atomic E-state index is 0. The molecule has 6 aliphatic carbocycles. The molecule has 7 fully saturated rings. The van der Waals surface area contributed by atoms with Gasteiger partial charge in [0.2, 0.25) is 0 Å². The molecule has 1 heterocycles. The number of ether oxygens (including phenoxy) is 3. The number of esters is 3.